The number of rotatable bonds is 5. The topological polar surface area (TPSA) is 56.7 Å². The molecule has 0 radical (unpaired) electrons. The summed E-state index contributed by atoms with van der Waals surface area (Å²) in [7, 11) is 0. The van der Waals surface area contributed by atoms with Crippen LogP contribution in [0.5, 0.6) is 0 Å². The minimum Gasteiger partial charge on any atom is -0.303 e. The van der Waals surface area contributed by atoms with E-state index in [-0.39, 0.29) is 12.3 Å². The van der Waals surface area contributed by atoms with Crippen LogP contribution in [-0.2, 0) is 12.8 Å². The smallest absolute Gasteiger partial charge is 0.303 e. The number of carbonyl (C=O) groups excluding carboxylic acids is 1. The molecule has 0 aromatic heterocycles. The van der Waals surface area contributed by atoms with Crippen LogP contribution in [0.4, 0.5) is 10.5 Å². The minimum absolute atomic E-state index is 0.137. The Hall–Kier alpha value is -1.88. The number of anilines is 1. The van der Waals surface area contributed by atoms with Crippen molar-refractivity contribution in [2.45, 2.75) is 39.9 Å². The Bertz CT molecular complexity index is 490. The zero-order chi connectivity index (χ0) is 14.5. The van der Waals surface area contributed by atoms with Crippen LogP contribution in [0.3, 0.4) is 0 Å². The van der Waals surface area contributed by atoms with Gasteiger partial charge < -0.3 is 5.32 Å². The molecule has 1 aromatic carbocycles. The van der Waals surface area contributed by atoms with Gasteiger partial charge in [0.05, 0.1) is 5.69 Å². The largest absolute Gasteiger partial charge is 0.329 e. The molecule has 1 unspecified atom stereocenters. The second-order valence-electron chi connectivity index (χ2n) is 4.68. The Balaban J connectivity index is 2.36. The van der Waals surface area contributed by atoms with Crippen molar-refractivity contribution in [3.8, 4) is 0 Å². The number of benzene rings is 1. The molecule has 20 heavy (non-hydrogen) atoms. The maximum absolute atomic E-state index is 12.3. The van der Waals surface area contributed by atoms with Crippen LogP contribution in [-0.4, -0.2) is 25.2 Å². The van der Waals surface area contributed by atoms with E-state index in [1.807, 2.05) is 13.0 Å². The van der Waals surface area contributed by atoms with Crippen molar-refractivity contribution in [1.82, 2.24) is 10.6 Å². The third kappa shape index (κ3) is 2.82. The van der Waals surface area contributed by atoms with Gasteiger partial charge in [-0.25, -0.2) is 9.79 Å². The molecule has 2 N–H and O–H groups in total. The van der Waals surface area contributed by atoms with Crippen LogP contribution in [0.1, 0.15) is 31.9 Å². The molecule has 5 heteroatoms. The van der Waals surface area contributed by atoms with Gasteiger partial charge >= 0.3 is 6.03 Å². The number of para-hydroxylation sites is 1. The Morgan fingerprint density at radius 2 is 1.90 bits per heavy atom. The van der Waals surface area contributed by atoms with E-state index in [9.17, 15) is 4.79 Å². The Morgan fingerprint density at radius 1 is 1.25 bits per heavy atom. The predicted octanol–water partition coefficient (Wildman–Crippen LogP) is 2.26. The SMILES string of the molecule is CCNC1N=CN(c2c(CC)cccc2CC)C(=O)N1. The minimum atomic E-state index is -0.331. The molecular weight excluding hydrogens is 252 g/mol. The molecule has 0 fully saturated rings. The lowest BCUT2D eigenvalue weighted by Gasteiger charge is -2.29. The molecule has 0 bridgehead atoms. The third-order valence-electron chi connectivity index (χ3n) is 3.41. The fourth-order valence-corrected chi connectivity index (χ4v) is 2.39. The maximum Gasteiger partial charge on any atom is 0.329 e. The molecule has 1 aromatic rings. The van der Waals surface area contributed by atoms with Crippen molar-refractivity contribution in [2.75, 3.05) is 11.4 Å². The van der Waals surface area contributed by atoms with Crippen LogP contribution in [0.15, 0.2) is 23.2 Å². The van der Waals surface area contributed by atoms with Gasteiger partial charge in [0.2, 0.25) is 0 Å². The molecule has 0 aliphatic carbocycles. The lowest BCUT2D eigenvalue weighted by atomic mass is 10.0. The highest BCUT2D eigenvalue weighted by molar-refractivity contribution is 6.10. The van der Waals surface area contributed by atoms with E-state index in [0.29, 0.717) is 0 Å². The fraction of sp³-hybridized carbons (Fsp3) is 0.467. The first-order valence-corrected chi connectivity index (χ1v) is 7.18. The molecule has 108 valence electrons. The van der Waals surface area contributed by atoms with Gasteiger partial charge in [-0.3, -0.25) is 10.2 Å². The molecule has 0 saturated heterocycles. The first-order valence-electron chi connectivity index (χ1n) is 7.18. The van der Waals surface area contributed by atoms with Crippen LogP contribution in [0.25, 0.3) is 0 Å². The number of amides is 2. The summed E-state index contributed by atoms with van der Waals surface area (Å²) in [6, 6.07) is 6.03. The molecule has 1 aliphatic heterocycles. The van der Waals surface area contributed by atoms with E-state index >= 15 is 0 Å². The zero-order valence-electron chi connectivity index (χ0n) is 12.3. The van der Waals surface area contributed by atoms with Gasteiger partial charge in [0.25, 0.3) is 0 Å². The van der Waals surface area contributed by atoms with E-state index < -0.39 is 0 Å². The first-order chi connectivity index (χ1) is 9.71. The maximum atomic E-state index is 12.3. The number of aliphatic imine (C=N–C) groups is 1. The standard InChI is InChI=1S/C15H22N4O/c1-4-11-8-7-9-12(5-2)13(11)19-10-17-14(16-6-3)18-15(19)20/h7-10,14,16H,4-6H2,1-3H3,(H,18,20). The van der Waals surface area contributed by atoms with Crippen LogP contribution in [0.2, 0.25) is 0 Å². The summed E-state index contributed by atoms with van der Waals surface area (Å²) in [4.78, 5) is 18.3. The van der Waals surface area contributed by atoms with Gasteiger partial charge in [0.15, 0.2) is 6.29 Å². The zero-order valence-corrected chi connectivity index (χ0v) is 12.3. The average Bonchev–Trinajstić information content (AvgIpc) is 2.47. The second kappa shape index (κ2) is 6.52. The van der Waals surface area contributed by atoms with Crippen LogP contribution < -0.4 is 15.5 Å². The fourth-order valence-electron chi connectivity index (χ4n) is 2.39. The number of nitrogens with zero attached hydrogens (tertiary/aromatic N) is 2. The quantitative estimate of drug-likeness (QED) is 0.865. The monoisotopic (exact) mass is 274 g/mol. The molecule has 0 saturated carbocycles. The molecule has 1 heterocycles. The molecule has 5 nitrogen and oxygen atoms in total. The van der Waals surface area contributed by atoms with Crippen molar-refractivity contribution in [1.29, 1.82) is 0 Å². The third-order valence-corrected chi connectivity index (χ3v) is 3.41. The normalized spacial score (nSPS) is 18.2. The summed E-state index contributed by atoms with van der Waals surface area (Å²) in [6.45, 7) is 6.93. The summed E-state index contributed by atoms with van der Waals surface area (Å²) in [6.07, 6.45) is 3.07. The first kappa shape index (κ1) is 14.5. The molecular formula is C15H22N4O. The number of aryl methyl sites for hydroxylation is 2. The summed E-state index contributed by atoms with van der Waals surface area (Å²) >= 11 is 0. The van der Waals surface area contributed by atoms with Crippen molar-refractivity contribution in [3.63, 3.8) is 0 Å². The number of carbonyl (C=O) groups is 1. The highest BCUT2D eigenvalue weighted by atomic mass is 16.2. The van der Waals surface area contributed by atoms with Gasteiger partial charge in [0, 0.05) is 0 Å². The van der Waals surface area contributed by atoms with Gasteiger partial charge in [-0.15, -0.1) is 0 Å². The van der Waals surface area contributed by atoms with Crippen molar-refractivity contribution < 1.29 is 4.79 Å². The molecule has 1 aliphatic rings. The highest BCUT2D eigenvalue weighted by Gasteiger charge is 2.24. The summed E-state index contributed by atoms with van der Waals surface area (Å²) < 4.78 is 0. The van der Waals surface area contributed by atoms with E-state index in [2.05, 4.69) is 41.6 Å². The lowest BCUT2D eigenvalue weighted by Crippen LogP contribution is -2.54. The van der Waals surface area contributed by atoms with Crippen LogP contribution in [0, 0.1) is 0 Å². The van der Waals surface area contributed by atoms with Crippen molar-refractivity contribution in [2.24, 2.45) is 4.99 Å². The van der Waals surface area contributed by atoms with E-state index in [1.54, 1.807) is 11.2 Å². The van der Waals surface area contributed by atoms with Crippen molar-refractivity contribution in [3.05, 3.63) is 29.3 Å². The predicted molar refractivity (Wildman–Crippen MR) is 82.2 cm³/mol. The molecule has 0 spiro atoms. The molecule has 2 amide bonds. The van der Waals surface area contributed by atoms with E-state index in [4.69, 9.17) is 0 Å². The molecule has 2 rings (SSSR count). The highest BCUT2D eigenvalue weighted by Crippen LogP contribution is 2.27. The van der Waals surface area contributed by atoms with Gasteiger partial charge in [-0.05, 0) is 30.5 Å². The van der Waals surface area contributed by atoms with Gasteiger partial charge in [-0.2, -0.15) is 0 Å². The van der Waals surface area contributed by atoms with Crippen molar-refractivity contribution >= 4 is 18.1 Å². The molecule has 1 atom stereocenters. The number of hydrogen-bond acceptors (Lipinski definition) is 3. The van der Waals surface area contributed by atoms with Crippen LogP contribution >= 0.6 is 0 Å². The van der Waals surface area contributed by atoms with E-state index in [1.165, 1.54) is 0 Å². The number of hydrogen-bond donors (Lipinski definition) is 2. The van der Waals surface area contributed by atoms with Gasteiger partial charge in [-0.1, -0.05) is 39.0 Å². The number of urea groups is 1. The summed E-state index contributed by atoms with van der Waals surface area (Å²) in [5.74, 6) is 0. The number of nitrogens with one attached hydrogen (secondary N) is 2. The Morgan fingerprint density at radius 3 is 2.40 bits per heavy atom. The Labute approximate surface area is 120 Å². The average molecular weight is 274 g/mol. The van der Waals surface area contributed by atoms with Gasteiger partial charge in [0.1, 0.15) is 6.34 Å². The van der Waals surface area contributed by atoms with E-state index in [0.717, 1.165) is 36.2 Å². The summed E-state index contributed by atoms with van der Waals surface area (Å²) in [5.41, 5.74) is 3.29. The summed E-state index contributed by atoms with van der Waals surface area (Å²) in [5, 5.41) is 5.93. The Kier molecular flexibility index (Phi) is 4.74. The second-order valence-corrected chi connectivity index (χ2v) is 4.68. The lowest BCUT2D eigenvalue weighted by molar-refractivity contribution is 0.242.